The molecule has 6 heteroatoms. The van der Waals surface area contributed by atoms with Crippen molar-refractivity contribution in [3.05, 3.63) is 35.9 Å². The van der Waals surface area contributed by atoms with Gasteiger partial charge in [-0.1, -0.05) is 30.3 Å². The molecule has 25 heavy (non-hydrogen) atoms. The van der Waals surface area contributed by atoms with E-state index in [4.69, 9.17) is 28.9 Å². The van der Waals surface area contributed by atoms with Crippen molar-refractivity contribution in [1.82, 2.24) is 0 Å². The Morgan fingerprint density at radius 2 is 1.88 bits per heavy atom. The fourth-order valence-corrected chi connectivity index (χ4v) is 3.61. The van der Waals surface area contributed by atoms with Gasteiger partial charge < -0.3 is 23.7 Å². The molecule has 0 bridgehead atoms. The van der Waals surface area contributed by atoms with Crippen LogP contribution in [0.4, 0.5) is 0 Å². The first kappa shape index (κ1) is 17.0. The Labute approximate surface area is 147 Å². The minimum Gasteiger partial charge on any atom is -0.368 e. The number of ether oxygens (including phenoxy) is 5. The summed E-state index contributed by atoms with van der Waals surface area (Å²) < 4.78 is 29.9. The first-order chi connectivity index (χ1) is 12.1. The highest BCUT2D eigenvalue weighted by atomic mass is 16.8. The Hall–Kier alpha value is -1.49. The van der Waals surface area contributed by atoms with Crippen LogP contribution >= 0.6 is 0 Å². The summed E-state index contributed by atoms with van der Waals surface area (Å²) in [7, 11) is 0. The molecule has 3 saturated heterocycles. The van der Waals surface area contributed by atoms with Gasteiger partial charge in [0, 0.05) is 6.42 Å². The molecule has 0 spiro atoms. The minimum absolute atomic E-state index is 0.0549. The fourth-order valence-electron chi connectivity index (χ4n) is 3.61. The van der Waals surface area contributed by atoms with Crippen LogP contribution in [0.1, 0.15) is 32.3 Å². The molecule has 0 radical (unpaired) electrons. The van der Waals surface area contributed by atoms with Gasteiger partial charge in [0.2, 0.25) is 0 Å². The molecular weight excluding hydrogens is 322 g/mol. The van der Waals surface area contributed by atoms with Gasteiger partial charge in [-0.3, -0.25) is 0 Å². The van der Waals surface area contributed by atoms with Crippen LogP contribution in [-0.2, 0) is 30.3 Å². The molecular formula is C19H23NO5. The van der Waals surface area contributed by atoms with Gasteiger partial charge in [0.1, 0.15) is 24.4 Å². The summed E-state index contributed by atoms with van der Waals surface area (Å²) in [5, 5.41) is 8.74. The van der Waals surface area contributed by atoms with Crippen LogP contribution in [0.25, 0.3) is 0 Å². The van der Waals surface area contributed by atoms with Gasteiger partial charge in [-0.2, -0.15) is 5.26 Å². The molecule has 0 aliphatic carbocycles. The Bertz CT molecular complexity index is 643. The number of nitriles is 1. The number of hydrogen-bond donors (Lipinski definition) is 0. The minimum atomic E-state index is -0.681. The van der Waals surface area contributed by atoms with E-state index in [-0.39, 0.29) is 30.5 Å². The molecule has 0 unspecified atom stereocenters. The van der Waals surface area contributed by atoms with Crippen molar-refractivity contribution in [1.29, 1.82) is 5.26 Å². The van der Waals surface area contributed by atoms with Crippen LogP contribution in [0.5, 0.6) is 0 Å². The number of hydrogen-bond acceptors (Lipinski definition) is 6. The fraction of sp³-hybridized carbons (Fsp3) is 0.632. The van der Waals surface area contributed by atoms with Crippen LogP contribution in [0.2, 0.25) is 0 Å². The second kappa shape index (κ2) is 6.67. The summed E-state index contributed by atoms with van der Waals surface area (Å²) in [6.07, 6.45) is -0.0197. The zero-order valence-corrected chi connectivity index (χ0v) is 14.5. The summed E-state index contributed by atoms with van der Waals surface area (Å²) in [4.78, 5) is 0. The molecule has 3 aliphatic rings. The zero-order chi connectivity index (χ0) is 17.4. The van der Waals surface area contributed by atoms with E-state index in [0.29, 0.717) is 13.0 Å². The van der Waals surface area contributed by atoms with Gasteiger partial charge in [-0.15, -0.1) is 0 Å². The molecule has 3 fully saturated rings. The lowest BCUT2D eigenvalue weighted by molar-refractivity contribution is -0.221. The molecule has 3 aliphatic heterocycles. The summed E-state index contributed by atoms with van der Waals surface area (Å²) in [6, 6.07) is 12.2. The molecule has 6 atom stereocenters. The van der Waals surface area contributed by atoms with Crippen LogP contribution < -0.4 is 0 Å². The molecule has 1 aromatic rings. The lowest BCUT2D eigenvalue weighted by atomic mass is 10.0. The average Bonchev–Trinajstić information content (AvgIpc) is 3.20. The Kier molecular flexibility index (Phi) is 4.52. The molecule has 0 saturated carbocycles. The monoisotopic (exact) mass is 345 g/mol. The maximum atomic E-state index is 8.74. The van der Waals surface area contributed by atoms with Crippen LogP contribution in [0.15, 0.2) is 30.3 Å². The van der Waals surface area contributed by atoms with Crippen LogP contribution in [0, 0.1) is 11.3 Å². The number of fused-ring (bicyclic) bond motifs is 1. The number of benzene rings is 1. The van der Waals surface area contributed by atoms with Crippen molar-refractivity contribution in [3.8, 4) is 6.07 Å². The van der Waals surface area contributed by atoms with Gasteiger partial charge in [-0.05, 0) is 25.8 Å². The molecule has 0 aromatic heterocycles. The largest absolute Gasteiger partial charge is 0.368 e. The predicted molar refractivity (Wildman–Crippen MR) is 87.2 cm³/mol. The van der Waals surface area contributed by atoms with E-state index in [9.17, 15) is 0 Å². The third kappa shape index (κ3) is 3.57. The van der Waals surface area contributed by atoms with Crippen LogP contribution in [0.3, 0.4) is 0 Å². The second-order valence-corrected chi connectivity index (χ2v) is 7.17. The quantitative estimate of drug-likeness (QED) is 0.738. The van der Waals surface area contributed by atoms with E-state index in [1.165, 1.54) is 0 Å². The summed E-state index contributed by atoms with van der Waals surface area (Å²) >= 11 is 0. The van der Waals surface area contributed by atoms with E-state index >= 15 is 0 Å². The van der Waals surface area contributed by atoms with Gasteiger partial charge in [-0.25, -0.2) is 0 Å². The smallest absolute Gasteiger partial charge is 0.190 e. The highest BCUT2D eigenvalue weighted by Gasteiger charge is 2.61. The van der Waals surface area contributed by atoms with Gasteiger partial charge in [0.05, 0.1) is 18.8 Å². The van der Waals surface area contributed by atoms with Gasteiger partial charge in [0.25, 0.3) is 0 Å². The van der Waals surface area contributed by atoms with E-state index in [2.05, 4.69) is 6.07 Å². The standard InChI is InChI=1S/C19H23NO5/c1-19(2)24-17-15(21-11-12-7-4-3-5-8-12)16(23-18(17)25-19)14-13(22-14)9-6-10-20/h3-5,7-8,13-18H,6,9,11H2,1-2H3/t13-,14+,15-,16+,17+,18+/m0/s1. The van der Waals surface area contributed by atoms with Crippen molar-refractivity contribution in [2.75, 3.05) is 0 Å². The van der Waals surface area contributed by atoms with E-state index < -0.39 is 12.1 Å². The molecule has 6 nitrogen and oxygen atoms in total. The second-order valence-electron chi connectivity index (χ2n) is 7.17. The third-order valence-electron chi connectivity index (χ3n) is 4.80. The van der Waals surface area contributed by atoms with Crippen molar-refractivity contribution in [2.45, 2.75) is 75.9 Å². The lowest BCUT2D eigenvalue weighted by Gasteiger charge is -2.25. The maximum Gasteiger partial charge on any atom is 0.190 e. The Morgan fingerprint density at radius 3 is 2.64 bits per heavy atom. The normalized spacial score (nSPS) is 38.3. The first-order valence-electron chi connectivity index (χ1n) is 8.76. The highest BCUT2D eigenvalue weighted by molar-refractivity contribution is 5.14. The van der Waals surface area contributed by atoms with Gasteiger partial charge in [0.15, 0.2) is 12.1 Å². The summed E-state index contributed by atoms with van der Waals surface area (Å²) in [5.74, 6) is -0.681. The topological polar surface area (TPSA) is 73.2 Å². The SMILES string of the molecule is CC1(C)O[C@H]2O[C@H]([C@@H]3O[C@H]3CCC#N)[C@H](OCc3ccccc3)[C@H]2O1. The molecule has 0 amide bonds. The van der Waals surface area contributed by atoms with Crippen molar-refractivity contribution < 1.29 is 23.7 Å². The maximum absolute atomic E-state index is 8.74. The lowest BCUT2D eigenvalue weighted by Crippen LogP contribution is -2.39. The molecule has 1 aromatic carbocycles. The van der Waals surface area contributed by atoms with Crippen molar-refractivity contribution in [2.24, 2.45) is 0 Å². The Morgan fingerprint density at radius 1 is 1.08 bits per heavy atom. The van der Waals surface area contributed by atoms with E-state index in [0.717, 1.165) is 12.0 Å². The van der Waals surface area contributed by atoms with E-state index in [1.54, 1.807) is 0 Å². The molecule has 4 rings (SSSR count). The highest BCUT2D eigenvalue weighted by Crippen LogP contribution is 2.44. The first-order valence-corrected chi connectivity index (χ1v) is 8.76. The number of rotatable bonds is 6. The van der Waals surface area contributed by atoms with Crippen molar-refractivity contribution >= 4 is 0 Å². The zero-order valence-electron chi connectivity index (χ0n) is 14.5. The van der Waals surface area contributed by atoms with Crippen molar-refractivity contribution in [3.63, 3.8) is 0 Å². The molecule has 134 valence electrons. The molecule has 0 N–H and O–H groups in total. The average molecular weight is 345 g/mol. The Balaban J connectivity index is 1.44. The number of nitrogens with zero attached hydrogens (tertiary/aromatic N) is 1. The molecule has 3 heterocycles. The predicted octanol–water partition coefficient (Wildman–Crippen LogP) is 2.52. The van der Waals surface area contributed by atoms with Gasteiger partial charge >= 0.3 is 0 Å². The summed E-state index contributed by atoms with van der Waals surface area (Å²) in [6.45, 7) is 4.23. The summed E-state index contributed by atoms with van der Waals surface area (Å²) in [5.41, 5.74) is 1.10. The van der Waals surface area contributed by atoms with Crippen LogP contribution in [-0.4, -0.2) is 42.6 Å². The number of epoxide rings is 1. The third-order valence-corrected chi connectivity index (χ3v) is 4.80. The van der Waals surface area contributed by atoms with E-state index in [1.807, 2.05) is 44.2 Å².